The number of alkyl halides is 3. The van der Waals surface area contributed by atoms with Crippen LogP contribution in [-0.4, -0.2) is 48.3 Å². The highest BCUT2D eigenvalue weighted by Crippen LogP contribution is 2.28. The number of aliphatic carboxylic acids is 1. The molecule has 0 spiro atoms. The van der Waals surface area contributed by atoms with Gasteiger partial charge in [-0.05, 0) is 18.8 Å². The molecule has 0 aromatic carbocycles. The van der Waals surface area contributed by atoms with Crippen LogP contribution >= 0.6 is 0 Å². The van der Waals surface area contributed by atoms with Crippen LogP contribution in [0, 0.1) is 5.92 Å². The smallest absolute Gasteiger partial charge is 0.389 e. The molecule has 0 amide bonds. The minimum absolute atomic E-state index is 0.0481. The van der Waals surface area contributed by atoms with E-state index in [4.69, 9.17) is 5.11 Å². The summed E-state index contributed by atoms with van der Waals surface area (Å²) in [6.07, 6.45) is -5.74. The topological polar surface area (TPSA) is 74.7 Å². The number of halogens is 3. The Morgan fingerprint density at radius 2 is 2.00 bits per heavy atom. The van der Waals surface area contributed by atoms with Crippen LogP contribution in [0.1, 0.15) is 26.2 Å². The van der Waals surface area contributed by atoms with Crippen molar-refractivity contribution in [3.63, 3.8) is 0 Å². The quantitative estimate of drug-likeness (QED) is 0.834. The average Bonchev–Trinajstić information content (AvgIpc) is 2.58. The molecule has 1 N–H and O–H groups in total. The third-order valence-corrected chi connectivity index (χ3v) is 5.06. The van der Waals surface area contributed by atoms with Crippen LogP contribution in [0.3, 0.4) is 0 Å². The Labute approximate surface area is 109 Å². The highest BCUT2D eigenvalue weighted by atomic mass is 32.2. The first-order valence-corrected chi connectivity index (χ1v) is 7.44. The lowest BCUT2D eigenvalue weighted by atomic mass is 10.0. The first-order chi connectivity index (χ1) is 8.54. The molecule has 0 radical (unpaired) electrons. The Morgan fingerprint density at radius 1 is 1.42 bits per heavy atom. The van der Waals surface area contributed by atoms with E-state index in [0.717, 1.165) is 4.31 Å². The van der Waals surface area contributed by atoms with Crippen LogP contribution in [0.4, 0.5) is 13.2 Å². The van der Waals surface area contributed by atoms with E-state index in [2.05, 4.69) is 0 Å². The van der Waals surface area contributed by atoms with Gasteiger partial charge in [0.15, 0.2) is 0 Å². The van der Waals surface area contributed by atoms with Crippen LogP contribution < -0.4 is 0 Å². The molecular weight excluding hydrogens is 287 g/mol. The van der Waals surface area contributed by atoms with Gasteiger partial charge in [0.2, 0.25) is 10.0 Å². The van der Waals surface area contributed by atoms with Gasteiger partial charge in [-0.2, -0.15) is 17.5 Å². The van der Waals surface area contributed by atoms with Crippen LogP contribution in [0.2, 0.25) is 0 Å². The fraction of sp³-hybridized carbons (Fsp3) is 0.900. The number of sulfonamides is 1. The maximum absolute atomic E-state index is 12.0. The molecular formula is C10H16F3NO4S. The zero-order valence-electron chi connectivity index (χ0n) is 10.4. The Morgan fingerprint density at radius 3 is 2.47 bits per heavy atom. The predicted octanol–water partition coefficient (Wildman–Crippen LogP) is 1.45. The SMILES string of the molecule is CC1CCN(S(=O)(=O)CCCC(F)(F)F)C1C(=O)O. The van der Waals surface area contributed by atoms with E-state index in [1.807, 2.05) is 0 Å². The lowest BCUT2D eigenvalue weighted by molar-refractivity contribution is -0.142. The molecule has 0 aromatic rings. The van der Waals surface area contributed by atoms with Crippen molar-refractivity contribution in [2.45, 2.75) is 38.4 Å². The molecule has 19 heavy (non-hydrogen) atoms. The Balaban J connectivity index is 2.69. The van der Waals surface area contributed by atoms with E-state index < -0.39 is 46.8 Å². The molecule has 2 atom stereocenters. The van der Waals surface area contributed by atoms with Crippen molar-refractivity contribution in [1.29, 1.82) is 0 Å². The molecule has 2 unspecified atom stereocenters. The summed E-state index contributed by atoms with van der Waals surface area (Å²) in [6.45, 7) is 1.66. The van der Waals surface area contributed by atoms with Crippen LogP contribution in [0.25, 0.3) is 0 Å². The molecule has 1 fully saturated rings. The summed E-state index contributed by atoms with van der Waals surface area (Å²) in [5.74, 6) is -2.28. The van der Waals surface area contributed by atoms with Gasteiger partial charge >= 0.3 is 12.1 Å². The number of carbonyl (C=O) groups is 1. The van der Waals surface area contributed by atoms with Crippen molar-refractivity contribution in [2.75, 3.05) is 12.3 Å². The van der Waals surface area contributed by atoms with Gasteiger partial charge in [-0.25, -0.2) is 8.42 Å². The van der Waals surface area contributed by atoms with Crippen molar-refractivity contribution < 1.29 is 31.5 Å². The second-order valence-corrected chi connectivity index (χ2v) is 6.74. The molecule has 1 saturated heterocycles. The average molecular weight is 303 g/mol. The molecule has 5 nitrogen and oxygen atoms in total. The highest BCUT2D eigenvalue weighted by Gasteiger charge is 2.43. The molecule has 0 saturated carbocycles. The maximum Gasteiger partial charge on any atom is 0.389 e. The lowest BCUT2D eigenvalue weighted by Gasteiger charge is -2.22. The van der Waals surface area contributed by atoms with Crippen LogP contribution in [0.15, 0.2) is 0 Å². The van der Waals surface area contributed by atoms with E-state index >= 15 is 0 Å². The zero-order chi connectivity index (χ0) is 14.8. The Kier molecular flexibility index (Phi) is 4.83. The van der Waals surface area contributed by atoms with Gasteiger partial charge in [-0.1, -0.05) is 6.92 Å². The van der Waals surface area contributed by atoms with Crippen molar-refractivity contribution in [1.82, 2.24) is 4.31 Å². The zero-order valence-corrected chi connectivity index (χ0v) is 11.2. The fourth-order valence-corrected chi connectivity index (χ4v) is 3.93. The summed E-state index contributed by atoms with van der Waals surface area (Å²) in [7, 11) is -3.96. The number of carboxylic acid groups (broad SMARTS) is 1. The molecule has 0 aromatic heterocycles. The number of rotatable bonds is 5. The maximum atomic E-state index is 12.0. The van der Waals surface area contributed by atoms with Gasteiger partial charge in [0, 0.05) is 13.0 Å². The fourth-order valence-electron chi connectivity index (χ4n) is 2.16. The van der Waals surface area contributed by atoms with Crippen molar-refractivity contribution >= 4 is 16.0 Å². The van der Waals surface area contributed by atoms with Gasteiger partial charge in [0.1, 0.15) is 6.04 Å². The van der Waals surface area contributed by atoms with Crippen LogP contribution in [-0.2, 0) is 14.8 Å². The van der Waals surface area contributed by atoms with Gasteiger partial charge in [-0.3, -0.25) is 4.79 Å². The molecule has 1 aliphatic rings. The van der Waals surface area contributed by atoms with Crippen LogP contribution in [0.5, 0.6) is 0 Å². The first kappa shape index (κ1) is 16.2. The van der Waals surface area contributed by atoms with E-state index in [9.17, 15) is 26.4 Å². The van der Waals surface area contributed by atoms with Crippen molar-refractivity contribution in [2.24, 2.45) is 5.92 Å². The monoisotopic (exact) mass is 303 g/mol. The summed E-state index contributed by atoms with van der Waals surface area (Å²) in [4.78, 5) is 11.0. The number of hydrogen-bond acceptors (Lipinski definition) is 3. The molecule has 0 bridgehead atoms. The van der Waals surface area contributed by atoms with Gasteiger partial charge < -0.3 is 5.11 Å². The normalized spacial score (nSPS) is 25.7. The minimum atomic E-state index is -4.40. The lowest BCUT2D eigenvalue weighted by Crippen LogP contribution is -2.43. The summed E-state index contributed by atoms with van der Waals surface area (Å²) < 4.78 is 60.5. The van der Waals surface area contributed by atoms with Gasteiger partial charge in [0.25, 0.3) is 0 Å². The van der Waals surface area contributed by atoms with E-state index in [-0.39, 0.29) is 12.5 Å². The van der Waals surface area contributed by atoms with E-state index in [1.165, 1.54) is 0 Å². The Hall–Kier alpha value is -0.830. The number of nitrogens with zero attached hydrogens (tertiary/aromatic N) is 1. The van der Waals surface area contributed by atoms with Crippen molar-refractivity contribution in [3.8, 4) is 0 Å². The van der Waals surface area contributed by atoms with E-state index in [1.54, 1.807) is 6.92 Å². The van der Waals surface area contributed by atoms with E-state index in [0.29, 0.717) is 6.42 Å². The predicted molar refractivity (Wildman–Crippen MR) is 61.0 cm³/mol. The molecule has 0 aliphatic carbocycles. The second kappa shape index (κ2) is 5.66. The molecule has 1 heterocycles. The number of hydrogen-bond donors (Lipinski definition) is 1. The molecule has 112 valence electrons. The first-order valence-electron chi connectivity index (χ1n) is 5.83. The summed E-state index contributed by atoms with van der Waals surface area (Å²) >= 11 is 0. The second-order valence-electron chi connectivity index (χ2n) is 4.69. The summed E-state index contributed by atoms with van der Waals surface area (Å²) in [6, 6.07) is -1.17. The van der Waals surface area contributed by atoms with Gasteiger partial charge in [-0.15, -0.1) is 0 Å². The third kappa shape index (κ3) is 4.34. The summed E-state index contributed by atoms with van der Waals surface area (Å²) in [5.41, 5.74) is 0. The van der Waals surface area contributed by atoms with Gasteiger partial charge in [0.05, 0.1) is 5.75 Å². The Bertz CT molecular complexity index is 435. The van der Waals surface area contributed by atoms with Crippen molar-refractivity contribution in [3.05, 3.63) is 0 Å². The molecule has 9 heteroatoms. The molecule has 1 rings (SSSR count). The third-order valence-electron chi connectivity index (χ3n) is 3.13. The minimum Gasteiger partial charge on any atom is -0.480 e. The molecule has 1 aliphatic heterocycles. The summed E-state index contributed by atoms with van der Waals surface area (Å²) in [5, 5.41) is 8.99. The largest absolute Gasteiger partial charge is 0.480 e. The number of carboxylic acids is 1. The standard InChI is InChI=1S/C10H16F3NO4S/c1-7-3-5-14(8(7)9(15)16)19(17,18)6-2-4-10(11,12)13/h7-8H,2-6H2,1H3,(H,15,16). The highest BCUT2D eigenvalue weighted by molar-refractivity contribution is 7.89.